The molecule has 0 aliphatic carbocycles. The van der Waals surface area contributed by atoms with Crippen molar-refractivity contribution in [2.24, 2.45) is 0 Å². The van der Waals surface area contributed by atoms with Crippen molar-refractivity contribution in [2.45, 2.75) is 178 Å². The first-order valence-electron chi connectivity index (χ1n) is 43.0. The maximum Gasteiger partial charge on any atom is 0.264 e. The monoisotopic (exact) mass is 1780 g/mol. The van der Waals surface area contributed by atoms with Crippen molar-refractivity contribution in [3.05, 3.63) is 71.3 Å². The van der Waals surface area contributed by atoms with Gasteiger partial charge in [0, 0.05) is 95.5 Å². The minimum Gasteiger partial charge on any atom is -0.384 e. The van der Waals surface area contributed by atoms with Gasteiger partial charge in [0.25, 0.3) is 25.7 Å². The maximum absolute atomic E-state index is 14.0. The van der Waals surface area contributed by atoms with Gasteiger partial charge in [-0.05, 0) is 104 Å². The van der Waals surface area contributed by atoms with Gasteiger partial charge in [-0.2, -0.15) is 59.8 Å². The molecule has 684 valence electrons. The number of fused-ring (bicyclic) bond motifs is 6. The summed E-state index contributed by atoms with van der Waals surface area (Å²) in [6, 6.07) is 5.36. The standard InChI is InChI=1S/C22H27F2N7O3.C20H25F2N7O2.2C20H27F2N7O2/c23-19(24)16-4-18(25)26-5-17(16)20-27-21(30-12-2-1-3-13(30)7-32-6-12)29-22(28-20)31-14-8-33-10-15(31)11-34-9-14;21-17(22)14-8-16(23)24-9-15(14)18-25-19(28-4-6-30-7-5-28)27-20(26-18)29-12-2-1-3-13(29)11-31-10-12;2*1-11-8-30-5-4-28(11)19-25-18(15-7-24-16(23)6-14(15)17(21)22)26-20(27-19)29-12(2)9-31-10-13(29)3/h4-5,12-15,19H,1-3,6-11H2,(H2,25,26);8-9,12-13,17H,1-7,10-11H2,(H2,23,24);2*6-7,11-13,17H,4-5,8-10H2,1-3H3,(H2,23,24)/t;;11-,12+,13+;11-,12-,13-/m..11/s1. The van der Waals surface area contributed by atoms with Gasteiger partial charge >= 0.3 is 0 Å². The second-order valence-corrected chi connectivity index (χ2v) is 33.3. The van der Waals surface area contributed by atoms with E-state index in [1.54, 1.807) is 0 Å². The van der Waals surface area contributed by atoms with Crippen LogP contribution in [0.3, 0.4) is 0 Å². The van der Waals surface area contributed by atoms with Gasteiger partial charge in [0.05, 0.1) is 191 Å². The minimum absolute atomic E-state index is 0.0192. The molecule has 11 aliphatic heterocycles. The number of morpholine rings is 9. The highest BCUT2D eigenvalue weighted by atomic mass is 19.3. The van der Waals surface area contributed by atoms with E-state index < -0.39 is 25.7 Å². The van der Waals surface area contributed by atoms with Crippen molar-refractivity contribution in [1.29, 1.82) is 0 Å². The molecule has 19 heterocycles. The highest BCUT2D eigenvalue weighted by molar-refractivity contribution is 5.69. The van der Waals surface area contributed by atoms with Crippen LogP contribution in [-0.2, 0) is 42.6 Å². The van der Waals surface area contributed by atoms with Gasteiger partial charge in [0.2, 0.25) is 47.6 Å². The number of nitrogens with zero attached hydrogens (tertiary/aromatic N) is 24. The molecule has 0 saturated carbocycles. The first-order chi connectivity index (χ1) is 61.4. The number of anilines is 12. The summed E-state index contributed by atoms with van der Waals surface area (Å²) in [5, 5.41) is 0. The van der Waals surface area contributed by atoms with Crippen LogP contribution < -0.4 is 62.1 Å². The Balaban J connectivity index is 0.000000125. The molecule has 8 N–H and O–H groups in total. The van der Waals surface area contributed by atoms with E-state index in [1.807, 2.05) is 56.2 Å². The highest BCUT2D eigenvalue weighted by Crippen LogP contribution is 2.42. The van der Waals surface area contributed by atoms with Gasteiger partial charge in [-0.1, -0.05) is 0 Å². The molecule has 11 aliphatic rings. The quantitative estimate of drug-likeness (QED) is 0.0659. The van der Waals surface area contributed by atoms with Crippen molar-refractivity contribution in [2.75, 3.05) is 207 Å². The van der Waals surface area contributed by atoms with E-state index in [2.05, 4.69) is 74.3 Å². The number of nitrogen functional groups attached to an aromatic ring is 4. The predicted octanol–water partition coefficient (Wildman–Crippen LogP) is 8.45. The third kappa shape index (κ3) is 20.1. The van der Waals surface area contributed by atoms with E-state index in [4.69, 9.17) is 95.5 Å². The molecule has 0 spiro atoms. The lowest BCUT2D eigenvalue weighted by Crippen LogP contribution is -2.60. The van der Waals surface area contributed by atoms with E-state index in [-0.39, 0.29) is 164 Å². The SMILES string of the molecule is C[C@@H]1COCCN1c1nc(-c2cnc(N)cc2C(F)F)nc(N2[C@@H](C)COC[C@@H]2C)n1.C[C@@H]1COCCN1c1nc(-c2cnc(N)cc2C(F)F)nc(N2[C@H](C)COC[C@H]2C)n1.Nc1cc(C(F)F)c(-c2nc(N3C4CCCC3COC4)nc(N3C4COCC3COC4)n2)cn1.Nc1cc(C(F)F)c(-c2nc(N3CCOCC3)nc(N3C4CCCC3COC4)n2)cn1. The van der Waals surface area contributed by atoms with E-state index in [0.29, 0.717) is 193 Å². The maximum atomic E-state index is 14.0. The van der Waals surface area contributed by atoms with Crippen molar-refractivity contribution < 1.29 is 77.8 Å². The number of alkyl halides is 8. The van der Waals surface area contributed by atoms with E-state index in [1.165, 1.54) is 49.1 Å². The van der Waals surface area contributed by atoms with Crippen LogP contribution in [0.1, 0.15) is 128 Å². The number of aromatic nitrogens is 16. The van der Waals surface area contributed by atoms with Crippen LogP contribution in [0.4, 0.5) is 106 Å². The Kier molecular flexibility index (Phi) is 28.2. The largest absolute Gasteiger partial charge is 0.384 e. The summed E-state index contributed by atoms with van der Waals surface area (Å²) in [6.07, 6.45) is 0.420. The van der Waals surface area contributed by atoms with Crippen LogP contribution in [-0.4, -0.2) is 297 Å². The third-order valence-electron chi connectivity index (χ3n) is 24.2. The number of hydrogen-bond donors (Lipinski definition) is 4. The molecular formula is C82H106F8N28O9. The van der Waals surface area contributed by atoms with Crippen LogP contribution >= 0.6 is 0 Å². The van der Waals surface area contributed by atoms with Gasteiger partial charge in [0.1, 0.15) is 23.3 Å². The molecule has 37 nitrogen and oxygen atoms in total. The second kappa shape index (κ2) is 39.9. The van der Waals surface area contributed by atoms with E-state index in [0.717, 1.165) is 38.5 Å². The lowest BCUT2D eigenvalue weighted by atomic mass is 9.95. The number of ether oxygens (including phenoxy) is 9. The zero-order chi connectivity index (χ0) is 88.8. The van der Waals surface area contributed by atoms with Crippen LogP contribution in [0.25, 0.3) is 45.6 Å². The Morgan fingerprint density at radius 3 is 0.827 bits per heavy atom. The molecule has 0 amide bonds. The van der Waals surface area contributed by atoms with Crippen LogP contribution in [0.2, 0.25) is 0 Å². The Labute approximate surface area is 727 Å². The lowest BCUT2D eigenvalue weighted by Gasteiger charge is -2.47. The van der Waals surface area contributed by atoms with E-state index >= 15 is 0 Å². The molecule has 11 saturated heterocycles. The summed E-state index contributed by atoms with van der Waals surface area (Å²) in [7, 11) is 0. The molecule has 10 atom stereocenters. The fourth-order valence-electron chi connectivity index (χ4n) is 17.9. The average Bonchev–Trinajstić information content (AvgIpc) is 0.766. The topological polar surface area (TPSA) is 419 Å². The number of pyridine rings is 4. The van der Waals surface area contributed by atoms with Crippen LogP contribution in [0.5, 0.6) is 0 Å². The number of rotatable bonds is 16. The normalized spacial score (nSPS) is 25.6. The summed E-state index contributed by atoms with van der Waals surface area (Å²) in [4.78, 5) is 88.8. The Morgan fingerprint density at radius 1 is 0.276 bits per heavy atom. The molecular weight excluding hydrogens is 1670 g/mol. The Hall–Kier alpha value is -10.7. The summed E-state index contributed by atoms with van der Waals surface area (Å²) < 4.78 is 161. The molecule has 6 bridgehead atoms. The summed E-state index contributed by atoms with van der Waals surface area (Å²) in [5.41, 5.74) is 22.3. The molecule has 19 rings (SSSR count). The van der Waals surface area contributed by atoms with Crippen molar-refractivity contribution in [1.82, 2.24) is 79.7 Å². The third-order valence-corrected chi connectivity index (χ3v) is 24.2. The lowest BCUT2D eigenvalue weighted by molar-refractivity contribution is -0.0355. The van der Waals surface area contributed by atoms with Crippen molar-refractivity contribution >= 4 is 70.9 Å². The molecule has 0 aromatic carbocycles. The van der Waals surface area contributed by atoms with Gasteiger partial charge in [-0.15, -0.1) is 0 Å². The van der Waals surface area contributed by atoms with Crippen LogP contribution in [0.15, 0.2) is 49.1 Å². The summed E-state index contributed by atoms with van der Waals surface area (Å²) in [6.45, 7) is 24.3. The number of piperidine rings is 2. The fraction of sp³-hybridized carbons (Fsp3) is 0.610. The van der Waals surface area contributed by atoms with E-state index in [9.17, 15) is 35.1 Å². The molecule has 11 fully saturated rings. The molecule has 45 heteroatoms. The molecule has 8 aromatic heterocycles. The second-order valence-electron chi connectivity index (χ2n) is 33.3. The molecule has 8 aromatic rings. The zero-order valence-corrected chi connectivity index (χ0v) is 71.4. The molecule has 127 heavy (non-hydrogen) atoms. The average molecular weight is 1780 g/mol. The zero-order valence-electron chi connectivity index (χ0n) is 71.4. The number of hydrogen-bond acceptors (Lipinski definition) is 37. The molecule has 4 unspecified atom stereocenters. The first-order valence-corrected chi connectivity index (χ1v) is 43.0. The smallest absolute Gasteiger partial charge is 0.264 e. The van der Waals surface area contributed by atoms with Crippen LogP contribution in [0, 0.1) is 0 Å². The minimum atomic E-state index is -2.75. The van der Waals surface area contributed by atoms with Crippen molar-refractivity contribution in [3.8, 4) is 45.6 Å². The predicted molar refractivity (Wildman–Crippen MR) is 454 cm³/mol. The van der Waals surface area contributed by atoms with Gasteiger partial charge < -0.3 is 105 Å². The Bertz CT molecular complexity index is 4810. The number of nitrogens with two attached hydrogens (primary N) is 4. The van der Waals surface area contributed by atoms with Gasteiger partial charge in [-0.25, -0.2) is 55.1 Å². The molecule has 0 radical (unpaired) electrons. The first kappa shape index (κ1) is 89.7. The summed E-state index contributed by atoms with van der Waals surface area (Å²) >= 11 is 0. The fourth-order valence-corrected chi connectivity index (χ4v) is 17.9. The van der Waals surface area contributed by atoms with Gasteiger partial charge in [-0.3, -0.25) is 0 Å². The summed E-state index contributed by atoms with van der Waals surface area (Å²) in [5.74, 6) is 4.35. The highest BCUT2D eigenvalue weighted by Gasteiger charge is 2.44. The van der Waals surface area contributed by atoms with Gasteiger partial charge in [0.15, 0.2) is 23.3 Å². The van der Waals surface area contributed by atoms with Crippen molar-refractivity contribution in [3.63, 3.8) is 0 Å². The number of halogens is 8. The Morgan fingerprint density at radius 2 is 0.520 bits per heavy atom.